The summed E-state index contributed by atoms with van der Waals surface area (Å²) >= 11 is 0. The number of aromatic nitrogens is 5. The predicted molar refractivity (Wildman–Crippen MR) is 55.7 cm³/mol. The average Bonchev–Trinajstić information content (AvgIpc) is 2.88. The minimum absolute atomic E-state index is 0.0774. The van der Waals surface area contributed by atoms with Crippen LogP contribution in [-0.2, 0) is 13.6 Å². The molecule has 0 spiro atoms. The summed E-state index contributed by atoms with van der Waals surface area (Å²) < 4.78 is 8.43. The number of carboxylic acids is 1. The van der Waals surface area contributed by atoms with Crippen LogP contribution in [-0.4, -0.2) is 42.5 Å². The van der Waals surface area contributed by atoms with E-state index in [1.54, 1.807) is 24.1 Å². The number of aryl methyl sites for hydroxylation is 1. The van der Waals surface area contributed by atoms with Gasteiger partial charge >= 0.3 is 5.97 Å². The van der Waals surface area contributed by atoms with E-state index in [1.165, 1.54) is 10.9 Å². The Balaban J connectivity index is 1.83. The van der Waals surface area contributed by atoms with E-state index >= 15 is 0 Å². The van der Waals surface area contributed by atoms with E-state index in [0.717, 1.165) is 0 Å². The topological polar surface area (TPSA) is 95.1 Å². The number of aromatic carboxylic acids is 1. The Morgan fingerprint density at radius 3 is 2.94 bits per heavy atom. The Morgan fingerprint density at radius 2 is 2.35 bits per heavy atom. The Hall–Kier alpha value is -2.38. The molecule has 90 valence electrons. The summed E-state index contributed by atoms with van der Waals surface area (Å²) in [7, 11) is 1.80. The van der Waals surface area contributed by atoms with Crippen molar-refractivity contribution in [3.63, 3.8) is 0 Å². The van der Waals surface area contributed by atoms with Crippen LogP contribution in [0.25, 0.3) is 0 Å². The summed E-state index contributed by atoms with van der Waals surface area (Å²) in [4.78, 5) is 10.6. The number of nitrogens with zero attached hydrogens (tertiary/aromatic N) is 5. The van der Waals surface area contributed by atoms with E-state index < -0.39 is 5.97 Å². The van der Waals surface area contributed by atoms with Crippen molar-refractivity contribution in [3.8, 4) is 5.75 Å². The van der Waals surface area contributed by atoms with Crippen LogP contribution < -0.4 is 4.74 Å². The van der Waals surface area contributed by atoms with Crippen LogP contribution in [0.2, 0.25) is 0 Å². The minimum atomic E-state index is -1.09. The highest BCUT2D eigenvalue weighted by atomic mass is 16.5. The molecule has 8 nitrogen and oxygen atoms in total. The molecule has 0 aliphatic carbocycles. The van der Waals surface area contributed by atoms with Crippen LogP contribution in [0, 0.1) is 0 Å². The third-order valence-electron chi connectivity index (χ3n) is 2.03. The molecule has 8 heteroatoms. The van der Waals surface area contributed by atoms with Crippen LogP contribution in [0.1, 0.15) is 10.5 Å². The van der Waals surface area contributed by atoms with Crippen molar-refractivity contribution >= 4 is 5.97 Å². The van der Waals surface area contributed by atoms with Crippen molar-refractivity contribution in [3.05, 3.63) is 24.3 Å². The first-order valence-electron chi connectivity index (χ1n) is 4.90. The predicted octanol–water partition coefficient (Wildman–Crippen LogP) is -0.211. The largest absolute Gasteiger partial charge is 0.488 e. The van der Waals surface area contributed by atoms with Crippen molar-refractivity contribution in [1.29, 1.82) is 0 Å². The van der Waals surface area contributed by atoms with Gasteiger partial charge < -0.3 is 9.84 Å². The zero-order chi connectivity index (χ0) is 12.3. The fourth-order valence-electron chi connectivity index (χ4n) is 1.24. The Bertz CT molecular complexity index is 518. The second kappa shape index (κ2) is 4.64. The number of carbonyl (C=O) groups is 1. The molecule has 2 aromatic rings. The lowest BCUT2D eigenvalue weighted by molar-refractivity contribution is 0.0690. The summed E-state index contributed by atoms with van der Waals surface area (Å²) in [6.07, 6.45) is 4.70. The van der Waals surface area contributed by atoms with Gasteiger partial charge in [-0.2, -0.15) is 5.10 Å². The second-order valence-electron chi connectivity index (χ2n) is 3.37. The van der Waals surface area contributed by atoms with Crippen molar-refractivity contribution < 1.29 is 14.6 Å². The molecule has 0 aromatic carbocycles. The Labute approximate surface area is 96.4 Å². The Kier molecular flexibility index (Phi) is 3.03. The lowest BCUT2D eigenvalue weighted by Gasteiger charge is -2.01. The average molecular weight is 237 g/mol. The molecule has 17 heavy (non-hydrogen) atoms. The van der Waals surface area contributed by atoms with E-state index in [2.05, 4.69) is 15.4 Å². The molecule has 1 N–H and O–H groups in total. The molecule has 0 aliphatic heterocycles. The lowest BCUT2D eigenvalue weighted by Crippen LogP contribution is -2.08. The quantitative estimate of drug-likeness (QED) is 0.773. The zero-order valence-corrected chi connectivity index (χ0v) is 9.15. The molecule has 0 atom stereocenters. The van der Waals surface area contributed by atoms with E-state index in [4.69, 9.17) is 9.84 Å². The molecular weight excluding hydrogens is 226 g/mol. The molecule has 0 aliphatic rings. The molecule has 0 saturated carbocycles. The second-order valence-corrected chi connectivity index (χ2v) is 3.37. The van der Waals surface area contributed by atoms with Crippen LogP contribution in [0.5, 0.6) is 5.75 Å². The van der Waals surface area contributed by atoms with E-state index in [-0.39, 0.29) is 5.69 Å². The van der Waals surface area contributed by atoms with Crippen molar-refractivity contribution in [2.24, 2.45) is 7.05 Å². The van der Waals surface area contributed by atoms with Crippen molar-refractivity contribution in [2.75, 3.05) is 6.61 Å². The van der Waals surface area contributed by atoms with Gasteiger partial charge in [-0.25, -0.2) is 9.48 Å². The first-order valence-corrected chi connectivity index (χ1v) is 4.90. The highest BCUT2D eigenvalue weighted by Crippen LogP contribution is 2.06. The van der Waals surface area contributed by atoms with Crippen LogP contribution in [0.3, 0.4) is 0 Å². The van der Waals surface area contributed by atoms with Crippen LogP contribution in [0.15, 0.2) is 18.6 Å². The lowest BCUT2D eigenvalue weighted by atomic mass is 10.5. The van der Waals surface area contributed by atoms with Gasteiger partial charge in [-0.15, -0.1) is 5.10 Å². The molecular formula is C9H11N5O3. The summed E-state index contributed by atoms with van der Waals surface area (Å²) in [5.41, 5.74) is -0.0774. The fourth-order valence-corrected chi connectivity index (χ4v) is 1.24. The van der Waals surface area contributed by atoms with Gasteiger partial charge in [0.2, 0.25) is 0 Å². The molecule has 0 amide bonds. The van der Waals surface area contributed by atoms with E-state index in [1.807, 2.05) is 0 Å². The van der Waals surface area contributed by atoms with Gasteiger partial charge in [0.05, 0.1) is 25.1 Å². The van der Waals surface area contributed by atoms with Gasteiger partial charge in [0.15, 0.2) is 11.4 Å². The van der Waals surface area contributed by atoms with Gasteiger partial charge in [0.1, 0.15) is 6.61 Å². The van der Waals surface area contributed by atoms with Gasteiger partial charge in [0, 0.05) is 7.05 Å². The molecule has 0 fully saturated rings. The third-order valence-corrected chi connectivity index (χ3v) is 2.03. The summed E-state index contributed by atoms with van der Waals surface area (Å²) in [6, 6.07) is 0. The maximum absolute atomic E-state index is 10.6. The highest BCUT2D eigenvalue weighted by molar-refractivity contribution is 5.84. The molecule has 2 rings (SSSR count). The standard InChI is InChI=1S/C9H11N5O3/c1-13-5-7(4-10-13)17-3-2-14-6-8(9(15)16)11-12-14/h4-6H,2-3H2,1H3,(H,15,16). The highest BCUT2D eigenvalue weighted by Gasteiger charge is 2.07. The van der Waals surface area contributed by atoms with Crippen LogP contribution >= 0.6 is 0 Å². The monoisotopic (exact) mass is 237 g/mol. The summed E-state index contributed by atoms with van der Waals surface area (Å²) in [5.74, 6) is -0.435. The number of rotatable bonds is 5. The van der Waals surface area contributed by atoms with Gasteiger partial charge in [-0.05, 0) is 0 Å². The molecule has 2 aromatic heterocycles. The zero-order valence-electron chi connectivity index (χ0n) is 9.15. The summed E-state index contributed by atoms with van der Waals surface area (Å²) in [5, 5.41) is 19.7. The smallest absolute Gasteiger partial charge is 0.358 e. The van der Waals surface area contributed by atoms with Gasteiger partial charge in [-0.1, -0.05) is 5.21 Å². The molecule has 0 bridgehead atoms. The minimum Gasteiger partial charge on any atom is -0.488 e. The number of hydrogen-bond donors (Lipinski definition) is 1. The number of hydrogen-bond acceptors (Lipinski definition) is 5. The van der Waals surface area contributed by atoms with Crippen molar-refractivity contribution in [1.82, 2.24) is 24.8 Å². The SMILES string of the molecule is Cn1cc(OCCn2cc(C(=O)O)nn2)cn1. The maximum Gasteiger partial charge on any atom is 0.358 e. The fraction of sp³-hybridized carbons (Fsp3) is 0.333. The first kappa shape index (κ1) is 11.1. The molecule has 0 radical (unpaired) electrons. The van der Waals surface area contributed by atoms with Gasteiger partial charge in [-0.3, -0.25) is 4.68 Å². The Morgan fingerprint density at radius 1 is 1.53 bits per heavy atom. The number of ether oxygens (including phenoxy) is 1. The maximum atomic E-state index is 10.6. The molecule has 0 unspecified atom stereocenters. The van der Waals surface area contributed by atoms with E-state index in [9.17, 15) is 4.79 Å². The van der Waals surface area contributed by atoms with E-state index in [0.29, 0.717) is 18.9 Å². The molecule has 0 saturated heterocycles. The number of carboxylic acid groups (broad SMARTS) is 1. The normalized spacial score (nSPS) is 10.4. The van der Waals surface area contributed by atoms with Crippen LogP contribution in [0.4, 0.5) is 0 Å². The van der Waals surface area contributed by atoms with Gasteiger partial charge in [0.25, 0.3) is 0 Å². The van der Waals surface area contributed by atoms with Crippen molar-refractivity contribution in [2.45, 2.75) is 6.54 Å². The first-order chi connectivity index (χ1) is 8.15. The summed E-state index contributed by atoms with van der Waals surface area (Å²) in [6.45, 7) is 0.795. The molecule has 2 heterocycles. The third kappa shape index (κ3) is 2.80.